The Morgan fingerprint density at radius 1 is 1.16 bits per heavy atom. The van der Waals surface area contributed by atoms with Gasteiger partial charge in [-0.2, -0.15) is 0 Å². The molecule has 0 unspecified atom stereocenters. The van der Waals surface area contributed by atoms with Crippen LogP contribution in [0.2, 0.25) is 5.02 Å². The van der Waals surface area contributed by atoms with E-state index in [0.29, 0.717) is 11.6 Å². The molecular weight excluding hydrogens is 266 g/mol. The first-order valence-electron chi connectivity index (χ1n) is 6.15. The lowest BCUT2D eigenvalue weighted by atomic mass is 10.1. The Labute approximate surface area is 117 Å². The standard InChI is InChI=1S/C13H18ClN3O2/c1-15-12(18)8-16-9-13(19)17-7-6-10-2-4-11(14)5-3-10/h2-5,16H,6-9H2,1H3,(H,15,18)(H,17,19)/p+1. The molecule has 1 aromatic rings. The van der Waals surface area contributed by atoms with Crippen molar-refractivity contribution in [1.82, 2.24) is 10.6 Å². The van der Waals surface area contributed by atoms with Gasteiger partial charge in [0.1, 0.15) is 0 Å². The van der Waals surface area contributed by atoms with Crippen LogP contribution < -0.4 is 16.0 Å². The second kappa shape index (κ2) is 8.50. The maximum atomic E-state index is 11.5. The van der Waals surface area contributed by atoms with Crippen LogP contribution in [0.4, 0.5) is 0 Å². The molecule has 104 valence electrons. The topological polar surface area (TPSA) is 74.8 Å². The maximum Gasteiger partial charge on any atom is 0.275 e. The number of quaternary nitrogens is 1. The van der Waals surface area contributed by atoms with Crippen LogP contribution >= 0.6 is 11.6 Å². The second-order valence-corrected chi connectivity index (χ2v) is 4.53. The normalized spacial score (nSPS) is 10.0. The predicted molar refractivity (Wildman–Crippen MR) is 73.9 cm³/mol. The summed E-state index contributed by atoms with van der Waals surface area (Å²) < 4.78 is 0. The molecule has 0 saturated heterocycles. The minimum absolute atomic E-state index is 0.0714. The first kappa shape index (κ1) is 15.5. The Kier molecular flexibility index (Phi) is 6.92. The molecule has 1 aromatic carbocycles. The molecule has 0 fully saturated rings. The third-order valence-electron chi connectivity index (χ3n) is 2.59. The van der Waals surface area contributed by atoms with Crippen molar-refractivity contribution in [1.29, 1.82) is 0 Å². The fourth-order valence-electron chi connectivity index (χ4n) is 1.51. The van der Waals surface area contributed by atoms with Gasteiger partial charge in [0, 0.05) is 18.6 Å². The second-order valence-electron chi connectivity index (χ2n) is 4.10. The molecule has 0 aliphatic rings. The number of benzene rings is 1. The highest BCUT2D eigenvalue weighted by molar-refractivity contribution is 6.30. The van der Waals surface area contributed by atoms with Gasteiger partial charge in [0.2, 0.25) is 0 Å². The lowest BCUT2D eigenvalue weighted by Gasteiger charge is -2.05. The summed E-state index contributed by atoms with van der Waals surface area (Å²) in [4.78, 5) is 22.4. The van der Waals surface area contributed by atoms with Crippen molar-refractivity contribution >= 4 is 23.4 Å². The molecule has 0 atom stereocenters. The molecule has 0 heterocycles. The van der Waals surface area contributed by atoms with E-state index in [1.807, 2.05) is 24.3 Å². The van der Waals surface area contributed by atoms with Crippen LogP contribution in [0.1, 0.15) is 5.56 Å². The number of halogens is 1. The molecular formula is C13H19ClN3O2+. The van der Waals surface area contributed by atoms with E-state index in [2.05, 4.69) is 10.6 Å². The van der Waals surface area contributed by atoms with Gasteiger partial charge in [0.25, 0.3) is 11.8 Å². The van der Waals surface area contributed by atoms with Crippen LogP contribution in [0.5, 0.6) is 0 Å². The van der Waals surface area contributed by atoms with Gasteiger partial charge in [0.15, 0.2) is 13.1 Å². The highest BCUT2D eigenvalue weighted by Gasteiger charge is 2.05. The monoisotopic (exact) mass is 284 g/mol. The SMILES string of the molecule is CNC(=O)C[NH2+]CC(=O)NCCc1ccc(Cl)cc1. The van der Waals surface area contributed by atoms with Crippen LogP contribution in [0.25, 0.3) is 0 Å². The van der Waals surface area contributed by atoms with Crippen molar-refractivity contribution in [3.05, 3.63) is 34.9 Å². The zero-order valence-electron chi connectivity index (χ0n) is 10.9. The van der Waals surface area contributed by atoms with Gasteiger partial charge in [0.05, 0.1) is 0 Å². The zero-order valence-corrected chi connectivity index (χ0v) is 11.7. The number of hydrogen-bond acceptors (Lipinski definition) is 2. The molecule has 0 aliphatic carbocycles. The molecule has 4 N–H and O–H groups in total. The molecule has 6 heteroatoms. The summed E-state index contributed by atoms with van der Waals surface area (Å²) in [6.45, 7) is 1.10. The van der Waals surface area contributed by atoms with Crippen molar-refractivity contribution in [2.45, 2.75) is 6.42 Å². The van der Waals surface area contributed by atoms with Crippen molar-refractivity contribution < 1.29 is 14.9 Å². The average molecular weight is 285 g/mol. The van der Waals surface area contributed by atoms with Crippen molar-refractivity contribution in [3.8, 4) is 0 Å². The van der Waals surface area contributed by atoms with E-state index in [9.17, 15) is 9.59 Å². The molecule has 0 bridgehead atoms. The zero-order chi connectivity index (χ0) is 14.1. The van der Waals surface area contributed by atoms with E-state index < -0.39 is 0 Å². The van der Waals surface area contributed by atoms with E-state index in [4.69, 9.17) is 11.6 Å². The molecule has 0 spiro atoms. The fraction of sp³-hybridized carbons (Fsp3) is 0.385. The summed E-state index contributed by atoms with van der Waals surface area (Å²) in [5, 5.41) is 7.67. The Morgan fingerprint density at radius 3 is 2.42 bits per heavy atom. The van der Waals surface area contributed by atoms with Gasteiger partial charge in [-0.25, -0.2) is 0 Å². The van der Waals surface area contributed by atoms with Crippen LogP contribution in [0, 0.1) is 0 Å². The number of likely N-dealkylation sites (N-methyl/N-ethyl adjacent to an activating group) is 1. The van der Waals surface area contributed by atoms with Gasteiger partial charge in [-0.15, -0.1) is 0 Å². The number of rotatable bonds is 7. The largest absolute Gasteiger partial charge is 0.354 e. The van der Waals surface area contributed by atoms with Gasteiger partial charge >= 0.3 is 0 Å². The van der Waals surface area contributed by atoms with Crippen LogP contribution in [-0.4, -0.2) is 38.5 Å². The minimum Gasteiger partial charge on any atom is -0.354 e. The number of carbonyl (C=O) groups excluding carboxylic acids is 2. The predicted octanol–water partition coefficient (Wildman–Crippen LogP) is -0.692. The molecule has 2 amide bonds. The third kappa shape index (κ3) is 6.79. The Morgan fingerprint density at radius 2 is 1.79 bits per heavy atom. The lowest BCUT2D eigenvalue weighted by molar-refractivity contribution is -0.633. The molecule has 19 heavy (non-hydrogen) atoms. The maximum absolute atomic E-state index is 11.5. The van der Waals surface area contributed by atoms with Gasteiger partial charge < -0.3 is 16.0 Å². The Hall–Kier alpha value is -1.59. The van der Waals surface area contributed by atoms with Crippen LogP contribution in [0.15, 0.2) is 24.3 Å². The number of hydrogen-bond donors (Lipinski definition) is 3. The summed E-state index contributed by atoms with van der Waals surface area (Å²) in [7, 11) is 1.57. The van der Waals surface area contributed by atoms with Gasteiger partial charge in [-0.1, -0.05) is 23.7 Å². The summed E-state index contributed by atoms with van der Waals surface area (Å²) in [5.74, 6) is -0.160. The molecule has 1 rings (SSSR count). The van der Waals surface area contributed by atoms with Crippen molar-refractivity contribution in [3.63, 3.8) is 0 Å². The highest BCUT2D eigenvalue weighted by atomic mass is 35.5. The quantitative estimate of drug-likeness (QED) is 0.620. The molecule has 0 radical (unpaired) electrons. The van der Waals surface area contributed by atoms with Gasteiger partial charge in [-0.3, -0.25) is 9.59 Å². The Bertz CT molecular complexity index is 420. The van der Waals surface area contributed by atoms with E-state index in [1.54, 1.807) is 12.4 Å². The highest BCUT2D eigenvalue weighted by Crippen LogP contribution is 2.09. The lowest BCUT2D eigenvalue weighted by Crippen LogP contribution is -2.88. The van der Waals surface area contributed by atoms with Crippen LogP contribution in [-0.2, 0) is 16.0 Å². The number of carbonyl (C=O) groups is 2. The van der Waals surface area contributed by atoms with Gasteiger partial charge in [-0.05, 0) is 24.1 Å². The van der Waals surface area contributed by atoms with E-state index in [0.717, 1.165) is 12.0 Å². The summed E-state index contributed by atoms with van der Waals surface area (Å²) in [6.07, 6.45) is 0.762. The van der Waals surface area contributed by atoms with Crippen LogP contribution in [0.3, 0.4) is 0 Å². The minimum atomic E-state index is -0.0889. The van der Waals surface area contributed by atoms with Crippen molar-refractivity contribution in [2.75, 3.05) is 26.7 Å². The van der Waals surface area contributed by atoms with E-state index in [-0.39, 0.29) is 24.9 Å². The number of nitrogens with one attached hydrogen (secondary N) is 2. The first-order valence-corrected chi connectivity index (χ1v) is 6.53. The fourth-order valence-corrected chi connectivity index (χ4v) is 1.63. The summed E-state index contributed by atoms with van der Waals surface area (Å²) in [5.41, 5.74) is 1.12. The third-order valence-corrected chi connectivity index (χ3v) is 2.84. The molecule has 0 aromatic heterocycles. The Balaban J connectivity index is 2.13. The smallest absolute Gasteiger partial charge is 0.275 e. The number of nitrogens with two attached hydrogens (primary N) is 1. The summed E-state index contributed by atoms with van der Waals surface area (Å²) in [6, 6.07) is 7.53. The molecule has 0 saturated carbocycles. The average Bonchev–Trinajstić information content (AvgIpc) is 2.41. The van der Waals surface area contributed by atoms with E-state index in [1.165, 1.54) is 0 Å². The molecule has 5 nitrogen and oxygen atoms in total. The van der Waals surface area contributed by atoms with Crippen molar-refractivity contribution in [2.24, 2.45) is 0 Å². The first-order chi connectivity index (χ1) is 9.11. The molecule has 0 aliphatic heterocycles. The number of amides is 2. The summed E-state index contributed by atoms with van der Waals surface area (Å²) >= 11 is 5.78. The van der Waals surface area contributed by atoms with E-state index >= 15 is 0 Å².